The molecule has 1 aliphatic rings. The van der Waals surface area contributed by atoms with E-state index in [1.807, 2.05) is 50.2 Å². The van der Waals surface area contributed by atoms with Crippen molar-refractivity contribution in [3.05, 3.63) is 92.7 Å². The van der Waals surface area contributed by atoms with Gasteiger partial charge in [0.15, 0.2) is 16.7 Å². The van der Waals surface area contributed by atoms with Crippen LogP contribution in [0.3, 0.4) is 0 Å². The highest BCUT2D eigenvalue weighted by atomic mass is 35.5. The summed E-state index contributed by atoms with van der Waals surface area (Å²) in [7, 11) is 0. The van der Waals surface area contributed by atoms with Crippen molar-refractivity contribution in [3.8, 4) is 11.5 Å². The molecule has 9 heteroatoms. The molecule has 0 aliphatic carbocycles. The number of halogens is 1. The minimum atomic E-state index is -0.168. The summed E-state index contributed by atoms with van der Waals surface area (Å²) in [5.74, 6) is 1.61. The third kappa shape index (κ3) is 5.20. The fourth-order valence-electron chi connectivity index (χ4n) is 3.86. The number of hydrogen-bond donors (Lipinski definition) is 1. The van der Waals surface area contributed by atoms with Crippen LogP contribution >= 0.6 is 23.4 Å². The van der Waals surface area contributed by atoms with Crippen molar-refractivity contribution in [1.29, 1.82) is 0 Å². The normalized spacial score (nSPS) is 12.3. The summed E-state index contributed by atoms with van der Waals surface area (Å²) in [4.78, 5) is 30.8. The third-order valence-corrected chi connectivity index (χ3v) is 6.97. The number of amides is 1. The van der Waals surface area contributed by atoms with Crippen LogP contribution in [0.1, 0.15) is 35.3 Å². The maximum absolute atomic E-state index is 13.6. The molecular formula is C27H24ClN3O4S. The van der Waals surface area contributed by atoms with Crippen LogP contribution in [0, 0.1) is 0 Å². The first kappa shape index (κ1) is 24.2. The molecule has 7 nitrogen and oxygen atoms in total. The predicted molar refractivity (Wildman–Crippen MR) is 141 cm³/mol. The summed E-state index contributed by atoms with van der Waals surface area (Å²) in [6, 6.07) is 18.3. The van der Waals surface area contributed by atoms with Crippen LogP contribution in [0.5, 0.6) is 11.5 Å². The van der Waals surface area contributed by atoms with Gasteiger partial charge < -0.3 is 14.8 Å². The molecule has 2 heterocycles. The average molecular weight is 522 g/mol. The fraction of sp³-hybridized carbons (Fsp3) is 0.222. The summed E-state index contributed by atoms with van der Waals surface area (Å²) < 4.78 is 12.6. The Morgan fingerprint density at radius 1 is 1.06 bits per heavy atom. The van der Waals surface area contributed by atoms with Crippen LogP contribution in [0.2, 0.25) is 5.02 Å². The maximum Gasteiger partial charge on any atom is 0.262 e. The van der Waals surface area contributed by atoms with Gasteiger partial charge in [0.05, 0.1) is 17.4 Å². The van der Waals surface area contributed by atoms with Crippen molar-refractivity contribution < 1.29 is 14.3 Å². The van der Waals surface area contributed by atoms with Crippen molar-refractivity contribution in [3.63, 3.8) is 0 Å². The van der Waals surface area contributed by atoms with Crippen LogP contribution < -0.4 is 20.3 Å². The molecule has 0 fully saturated rings. The van der Waals surface area contributed by atoms with Gasteiger partial charge in [-0.25, -0.2) is 4.98 Å². The molecule has 1 N–H and O–H groups in total. The number of thioether (sulfide) groups is 1. The summed E-state index contributed by atoms with van der Waals surface area (Å²) >= 11 is 7.50. The second kappa shape index (κ2) is 10.2. The SMILES string of the molecule is CC(C)NC(=O)c1ccc(Cn2c(SCc3ccc(Cl)cc3)nc3cc4c(cc3c2=O)OCO4)cc1. The molecule has 1 aromatic heterocycles. The Kier molecular flexibility index (Phi) is 6.89. The van der Waals surface area contributed by atoms with Crippen LogP contribution in [0.4, 0.5) is 0 Å². The molecule has 1 aliphatic heterocycles. The summed E-state index contributed by atoms with van der Waals surface area (Å²) in [6.45, 7) is 4.27. The lowest BCUT2D eigenvalue weighted by atomic mass is 10.1. The number of nitrogens with zero attached hydrogens (tertiary/aromatic N) is 2. The van der Waals surface area contributed by atoms with E-state index in [2.05, 4.69) is 5.32 Å². The highest BCUT2D eigenvalue weighted by Crippen LogP contribution is 2.35. The molecule has 0 bridgehead atoms. The smallest absolute Gasteiger partial charge is 0.262 e. The van der Waals surface area contributed by atoms with E-state index in [0.29, 0.717) is 50.4 Å². The Hall–Kier alpha value is -3.49. The van der Waals surface area contributed by atoms with E-state index >= 15 is 0 Å². The largest absolute Gasteiger partial charge is 0.454 e. The fourth-order valence-corrected chi connectivity index (χ4v) is 4.94. The van der Waals surface area contributed by atoms with Gasteiger partial charge in [-0.3, -0.25) is 14.2 Å². The molecule has 0 saturated heterocycles. The minimum absolute atomic E-state index is 0.0514. The zero-order chi connectivity index (χ0) is 25.2. The lowest BCUT2D eigenvalue weighted by molar-refractivity contribution is 0.0943. The van der Waals surface area contributed by atoms with Crippen molar-refractivity contribution in [1.82, 2.24) is 14.9 Å². The van der Waals surface area contributed by atoms with Crippen molar-refractivity contribution in [2.45, 2.75) is 37.3 Å². The molecule has 3 aromatic carbocycles. The Bertz CT molecular complexity index is 1480. The highest BCUT2D eigenvalue weighted by Gasteiger charge is 2.19. The highest BCUT2D eigenvalue weighted by molar-refractivity contribution is 7.98. The number of ether oxygens (including phenoxy) is 2. The molecule has 184 valence electrons. The van der Waals surface area contributed by atoms with Gasteiger partial charge in [-0.1, -0.05) is 47.6 Å². The molecule has 0 radical (unpaired) electrons. The quantitative estimate of drug-likeness (QED) is 0.264. The number of carbonyl (C=O) groups excluding carboxylic acids is 1. The molecule has 5 rings (SSSR count). The van der Waals surface area contributed by atoms with Crippen LogP contribution in [-0.4, -0.2) is 28.3 Å². The standard InChI is InChI=1S/C27H24ClN3O4S/c1-16(2)29-25(32)19-7-3-17(4-8-19)13-31-26(33)21-11-23-24(35-15-34-23)12-22(21)30-27(31)36-14-18-5-9-20(28)10-6-18/h3-12,16H,13-15H2,1-2H3,(H,29,32). The number of rotatable bonds is 7. The molecule has 0 spiro atoms. The Morgan fingerprint density at radius 3 is 2.42 bits per heavy atom. The zero-order valence-corrected chi connectivity index (χ0v) is 21.4. The molecule has 1 amide bonds. The van der Waals surface area contributed by atoms with Crippen molar-refractivity contribution >= 4 is 40.2 Å². The molecular weight excluding hydrogens is 498 g/mol. The molecule has 4 aromatic rings. The topological polar surface area (TPSA) is 82.5 Å². The van der Waals surface area contributed by atoms with Crippen LogP contribution in [0.25, 0.3) is 10.9 Å². The van der Waals surface area contributed by atoms with Crippen LogP contribution in [-0.2, 0) is 12.3 Å². The molecule has 36 heavy (non-hydrogen) atoms. The van der Waals surface area contributed by atoms with Gasteiger partial charge in [0, 0.05) is 28.4 Å². The van der Waals surface area contributed by atoms with Gasteiger partial charge in [-0.15, -0.1) is 0 Å². The van der Waals surface area contributed by atoms with Crippen molar-refractivity contribution in [2.75, 3.05) is 6.79 Å². The van der Waals surface area contributed by atoms with Gasteiger partial charge >= 0.3 is 0 Å². The van der Waals surface area contributed by atoms with E-state index < -0.39 is 0 Å². The first-order valence-electron chi connectivity index (χ1n) is 11.5. The number of benzene rings is 3. The minimum Gasteiger partial charge on any atom is -0.454 e. The Morgan fingerprint density at radius 2 is 1.72 bits per heavy atom. The molecule has 0 atom stereocenters. The Balaban J connectivity index is 1.50. The van der Waals surface area contributed by atoms with Gasteiger partial charge in [-0.05, 0) is 55.3 Å². The Labute approximate surface area is 217 Å². The van der Waals surface area contributed by atoms with E-state index in [-0.39, 0.29) is 24.3 Å². The summed E-state index contributed by atoms with van der Waals surface area (Å²) in [5.41, 5.74) is 2.91. The van der Waals surface area contributed by atoms with E-state index in [1.54, 1.807) is 28.8 Å². The maximum atomic E-state index is 13.6. The summed E-state index contributed by atoms with van der Waals surface area (Å²) in [5, 5.41) is 4.60. The number of nitrogens with one attached hydrogen (secondary N) is 1. The van der Waals surface area contributed by atoms with Gasteiger partial charge in [-0.2, -0.15) is 0 Å². The third-order valence-electron chi connectivity index (χ3n) is 5.67. The predicted octanol–water partition coefficient (Wildman–Crippen LogP) is 5.26. The second-order valence-corrected chi connectivity index (χ2v) is 10.1. The van der Waals surface area contributed by atoms with Gasteiger partial charge in [0.1, 0.15) is 0 Å². The van der Waals surface area contributed by atoms with E-state index in [4.69, 9.17) is 26.1 Å². The molecule has 0 unspecified atom stereocenters. The number of hydrogen-bond acceptors (Lipinski definition) is 6. The van der Waals surface area contributed by atoms with E-state index in [0.717, 1.165) is 11.1 Å². The lowest BCUT2D eigenvalue weighted by Gasteiger charge is -2.14. The molecule has 0 saturated carbocycles. The van der Waals surface area contributed by atoms with Gasteiger partial charge in [0.2, 0.25) is 6.79 Å². The number of fused-ring (bicyclic) bond motifs is 2. The van der Waals surface area contributed by atoms with E-state index in [9.17, 15) is 9.59 Å². The number of aromatic nitrogens is 2. The van der Waals surface area contributed by atoms with Crippen LogP contribution in [0.15, 0.2) is 70.6 Å². The lowest BCUT2D eigenvalue weighted by Crippen LogP contribution is -2.30. The monoisotopic (exact) mass is 521 g/mol. The van der Waals surface area contributed by atoms with Gasteiger partial charge in [0.25, 0.3) is 11.5 Å². The average Bonchev–Trinajstić information content (AvgIpc) is 3.32. The number of carbonyl (C=O) groups is 1. The first-order valence-corrected chi connectivity index (χ1v) is 12.8. The van der Waals surface area contributed by atoms with E-state index in [1.165, 1.54) is 11.8 Å². The first-order chi connectivity index (χ1) is 17.4. The zero-order valence-electron chi connectivity index (χ0n) is 19.8. The second-order valence-electron chi connectivity index (χ2n) is 8.75. The summed E-state index contributed by atoms with van der Waals surface area (Å²) in [6.07, 6.45) is 0. The van der Waals surface area contributed by atoms with Crippen molar-refractivity contribution in [2.24, 2.45) is 0 Å².